The molecule has 0 aliphatic carbocycles. The molecule has 4 rings (SSSR count). The summed E-state index contributed by atoms with van der Waals surface area (Å²) in [5.41, 5.74) is 4.78. The van der Waals surface area contributed by atoms with Crippen LogP contribution >= 0.6 is 11.8 Å². The van der Waals surface area contributed by atoms with Crippen molar-refractivity contribution in [2.24, 2.45) is 0 Å². The van der Waals surface area contributed by atoms with Crippen LogP contribution in [-0.2, 0) is 4.79 Å². The number of nitrogens with one attached hydrogen (secondary N) is 1. The molecule has 1 aromatic heterocycles. The molecule has 0 saturated carbocycles. The Labute approximate surface area is 207 Å². The smallest absolute Gasteiger partial charge is 0.269 e. The maximum absolute atomic E-state index is 12.4. The molecule has 9 heteroatoms. The molecule has 1 N–H and O–H groups in total. The fourth-order valence-electron chi connectivity index (χ4n) is 3.53. The summed E-state index contributed by atoms with van der Waals surface area (Å²) in [7, 11) is 0. The largest absolute Gasteiger partial charge is 0.326 e. The summed E-state index contributed by atoms with van der Waals surface area (Å²) in [5, 5.41) is 23.4. The van der Waals surface area contributed by atoms with Crippen LogP contribution in [0.3, 0.4) is 0 Å². The van der Waals surface area contributed by atoms with E-state index in [0.717, 1.165) is 22.5 Å². The van der Waals surface area contributed by atoms with Crippen molar-refractivity contribution in [3.63, 3.8) is 0 Å². The van der Waals surface area contributed by atoms with Crippen molar-refractivity contribution < 1.29 is 9.72 Å². The number of carbonyl (C=O) groups excluding carboxylic acids is 1. The Morgan fingerprint density at radius 3 is 2.43 bits per heavy atom. The van der Waals surface area contributed by atoms with Crippen LogP contribution < -0.4 is 5.32 Å². The number of nitrogens with zero attached hydrogens (tertiary/aromatic N) is 4. The molecule has 0 unspecified atom stereocenters. The van der Waals surface area contributed by atoms with Gasteiger partial charge in [0.1, 0.15) is 0 Å². The van der Waals surface area contributed by atoms with E-state index in [-0.39, 0.29) is 11.6 Å². The molecule has 4 aromatic rings. The molecule has 3 aromatic carbocycles. The van der Waals surface area contributed by atoms with E-state index < -0.39 is 4.92 Å². The first kappa shape index (κ1) is 24.2. The number of nitro benzene ring substituents is 1. The first-order chi connectivity index (χ1) is 16.9. The molecule has 35 heavy (non-hydrogen) atoms. The Kier molecular flexibility index (Phi) is 7.57. The highest BCUT2D eigenvalue weighted by Gasteiger charge is 2.17. The van der Waals surface area contributed by atoms with Crippen molar-refractivity contribution in [1.29, 1.82) is 0 Å². The van der Waals surface area contributed by atoms with E-state index in [9.17, 15) is 14.9 Å². The number of benzene rings is 3. The van der Waals surface area contributed by atoms with Crippen LogP contribution in [0, 0.1) is 24.0 Å². The number of nitro groups is 1. The fourth-order valence-corrected chi connectivity index (χ4v) is 4.42. The number of hydrogen-bond donors (Lipinski definition) is 1. The first-order valence-corrected chi connectivity index (χ1v) is 12.2. The van der Waals surface area contributed by atoms with E-state index in [2.05, 4.69) is 15.5 Å². The Bertz CT molecular complexity index is 1340. The van der Waals surface area contributed by atoms with Gasteiger partial charge in [0.05, 0.1) is 4.92 Å². The summed E-state index contributed by atoms with van der Waals surface area (Å²) in [6, 6.07) is 21.9. The van der Waals surface area contributed by atoms with E-state index in [4.69, 9.17) is 0 Å². The predicted octanol–water partition coefficient (Wildman–Crippen LogP) is 5.97. The van der Waals surface area contributed by atoms with Crippen LogP contribution in [0.5, 0.6) is 0 Å². The van der Waals surface area contributed by atoms with Gasteiger partial charge in [-0.05, 0) is 67.8 Å². The van der Waals surface area contributed by atoms with Gasteiger partial charge < -0.3 is 5.32 Å². The average Bonchev–Trinajstić information content (AvgIpc) is 3.28. The minimum Gasteiger partial charge on any atom is -0.326 e. The van der Waals surface area contributed by atoms with Crippen LogP contribution in [0.15, 0.2) is 78.0 Å². The van der Waals surface area contributed by atoms with Crippen LogP contribution in [0.25, 0.3) is 17.1 Å². The van der Waals surface area contributed by atoms with Crippen molar-refractivity contribution in [2.75, 3.05) is 11.1 Å². The molecule has 1 amide bonds. The minimum atomic E-state index is -0.427. The zero-order chi connectivity index (χ0) is 24.8. The molecule has 0 aliphatic heterocycles. The number of anilines is 1. The molecule has 0 bridgehead atoms. The maximum Gasteiger partial charge on any atom is 0.269 e. The summed E-state index contributed by atoms with van der Waals surface area (Å²) in [6.45, 7) is 4.06. The van der Waals surface area contributed by atoms with E-state index >= 15 is 0 Å². The Morgan fingerprint density at radius 1 is 1.00 bits per heavy atom. The van der Waals surface area contributed by atoms with Crippen LogP contribution in [0.4, 0.5) is 11.4 Å². The summed E-state index contributed by atoms with van der Waals surface area (Å²) in [5.74, 6) is 1.26. The van der Waals surface area contributed by atoms with Crippen molar-refractivity contribution in [2.45, 2.75) is 31.8 Å². The second-order valence-corrected chi connectivity index (χ2v) is 9.14. The van der Waals surface area contributed by atoms with E-state index in [1.54, 1.807) is 12.1 Å². The number of non-ortho nitro benzene ring substituents is 1. The van der Waals surface area contributed by atoms with Crippen LogP contribution in [0.1, 0.15) is 24.0 Å². The van der Waals surface area contributed by atoms with Gasteiger partial charge in [-0.15, -0.1) is 10.2 Å². The van der Waals surface area contributed by atoms with Gasteiger partial charge in [0.25, 0.3) is 5.69 Å². The van der Waals surface area contributed by atoms with E-state index in [1.165, 1.54) is 29.5 Å². The highest BCUT2D eigenvalue weighted by Crippen LogP contribution is 2.29. The summed E-state index contributed by atoms with van der Waals surface area (Å²) in [6.07, 6.45) is 1.07. The molecule has 1 heterocycles. The SMILES string of the molecule is Cc1ccc(NC(=O)CCCSc2nnc(-c3ccc([N+](=O)[O-])cc3)n2-c2ccccc2)cc1C. The molecular weight excluding hydrogens is 462 g/mol. The summed E-state index contributed by atoms with van der Waals surface area (Å²) >= 11 is 1.52. The summed E-state index contributed by atoms with van der Waals surface area (Å²) in [4.78, 5) is 23.0. The van der Waals surface area contributed by atoms with Crippen LogP contribution in [-0.4, -0.2) is 31.3 Å². The lowest BCUT2D eigenvalue weighted by atomic mass is 10.1. The number of aromatic nitrogens is 3. The Balaban J connectivity index is 1.44. The summed E-state index contributed by atoms with van der Waals surface area (Å²) < 4.78 is 1.93. The van der Waals surface area contributed by atoms with Gasteiger partial charge in [-0.1, -0.05) is 36.0 Å². The van der Waals surface area contributed by atoms with Gasteiger partial charge in [-0.2, -0.15) is 0 Å². The Morgan fingerprint density at radius 2 is 1.74 bits per heavy atom. The monoisotopic (exact) mass is 487 g/mol. The number of carbonyl (C=O) groups is 1. The lowest BCUT2D eigenvalue weighted by Crippen LogP contribution is -2.11. The second kappa shape index (κ2) is 11.0. The van der Waals surface area contributed by atoms with E-state index in [1.807, 2.05) is 66.9 Å². The quantitative estimate of drug-likeness (QED) is 0.135. The number of para-hydroxylation sites is 1. The molecule has 178 valence electrons. The predicted molar refractivity (Wildman–Crippen MR) is 138 cm³/mol. The van der Waals surface area contributed by atoms with E-state index in [0.29, 0.717) is 29.6 Å². The second-order valence-electron chi connectivity index (χ2n) is 8.08. The number of amides is 1. The lowest BCUT2D eigenvalue weighted by Gasteiger charge is -2.10. The topological polar surface area (TPSA) is 103 Å². The molecule has 0 saturated heterocycles. The molecule has 0 atom stereocenters. The third-order valence-corrected chi connectivity index (χ3v) is 6.57. The average molecular weight is 488 g/mol. The lowest BCUT2D eigenvalue weighted by molar-refractivity contribution is -0.384. The fraction of sp³-hybridized carbons (Fsp3) is 0.192. The number of thioether (sulfide) groups is 1. The van der Waals surface area contributed by atoms with Crippen molar-refractivity contribution in [1.82, 2.24) is 14.8 Å². The van der Waals surface area contributed by atoms with Gasteiger partial charge in [0.2, 0.25) is 5.91 Å². The molecule has 0 spiro atoms. The highest BCUT2D eigenvalue weighted by molar-refractivity contribution is 7.99. The molecule has 8 nitrogen and oxygen atoms in total. The van der Waals surface area contributed by atoms with Crippen molar-refractivity contribution >= 4 is 29.0 Å². The third-order valence-electron chi connectivity index (χ3n) is 5.55. The molecular formula is C26H25N5O3S. The number of hydrogen-bond acceptors (Lipinski definition) is 6. The van der Waals surface area contributed by atoms with Gasteiger partial charge in [0, 0.05) is 41.2 Å². The standard InChI is InChI=1S/C26H25N5O3S/c1-18-10-13-21(17-19(18)2)27-24(32)9-6-16-35-26-29-28-25(30(26)22-7-4-3-5-8-22)20-11-14-23(15-12-20)31(33)34/h3-5,7-8,10-15,17H,6,9,16H2,1-2H3,(H,27,32). The third kappa shape index (κ3) is 5.93. The Hall–Kier alpha value is -3.98. The van der Waals surface area contributed by atoms with Crippen LogP contribution in [0.2, 0.25) is 0 Å². The minimum absolute atomic E-state index is 0.0215. The number of aryl methyl sites for hydroxylation is 2. The van der Waals surface area contributed by atoms with Crippen molar-refractivity contribution in [3.05, 3.63) is 94.0 Å². The molecule has 0 aliphatic rings. The zero-order valence-electron chi connectivity index (χ0n) is 19.5. The van der Waals surface area contributed by atoms with Crippen molar-refractivity contribution in [3.8, 4) is 17.1 Å². The maximum atomic E-state index is 12.4. The van der Waals surface area contributed by atoms with Gasteiger partial charge in [-0.3, -0.25) is 19.5 Å². The first-order valence-electron chi connectivity index (χ1n) is 11.2. The molecule has 0 radical (unpaired) electrons. The normalized spacial score (nSPS) is 10.8. The van der Waals surface area contributed by atoms with Gasteiger partial charge in [0.15, 0.2) is 11.0 Å². The van der Waals surface area contributed by atoms with Gasteiger partial charge in [-0.25, -0.2) is 0 Å². The number of rotatable bonds is 9. The zero-order valence-corrected chi connectivity index (χ0v) is 20.3. The molecule has 0 fully saturated rings. The van der Waals surface area contributed by atoms with Gasteiger partial charge >= 0.3 is 0 Å². The highest BCUT2D eigenvalue weighted by atomic mass is 32.2.